The fourth-order valence-electron chi connectivity index (χ4n) is 0.936. The summed E-state index contributed by atoms with van der Waals surface area (Å²) in [5.41, 5.74) is 7.02. The molecule has 62 valence electrons. The molecule has 0 amide bonds. The van der Waals surface area contributed by atoms with Gasteiger partial charge in [0.1, 0.15) is 0 Å². The Kier molecular flexibility index (Phi) is 4.55. The highest BCUT2D eigenvalue weighted by atomic mass is 14.6. The van der Waals surface area contributed by atoms with Crippen LogP contribution in [0.25, 0.3) is 0 Å². The minimum atomic E-state index is 0. The van der Waals surface area contributed by atoms with E-state index in [0.717, 1.165) is 6.42 Å². The van der Waals surface area contributed by atoms with Crippen molar-refractivity contribution in [2.24, 2.45) is 5.73 Å². The van der Waals surface area contributed by atoms with Crippen LogP contribution in [0.5, 0.6) is 0 Å². The molecule has 0 bridgehead atoms. The first-order valence-electron chi connectivity index (χ1n) is 3.65. The van der Waals surface area contributed by atoms with Crippen LogP contribution in [-0.4, -0.2) is 0 Å². The van der Waals surface area contributed by atoms with Crippen LogP contribution < -0.4 is 5.73 Å². The van der Waals surface area contributed by atoms with E-state index in [4.69, 9.17) is 5.73 Å². The molecule has 0 aromatic heterocycles. The van der Waals surface area contributed by atoms with Crippen LogP contribution in [0.1, 0.15) is 32.4 Å². The zero-order valence-electron chi connectivity index (χ0n) is 6.25. The van der Waals surface area contributed by atoms with E-state index in [1.165, 1.54) is 5.56 Å². The van der Waals surface area contributed by atoms with Crippen LogP contribution in [0, 0.1) is 0 Å². The van der Waals surface area contributed by atoms with Gasteiger partial charge in [-0.1, -0.05) is 44.7 Å². The van der Waals surface area contributed by atoms with Crippen molar-refractivity contribution in [3.05, 3.63) is 35.9 Å². The molecule has 0 aliphatic carbocycles. The van der Waals surface area contributed by atoms with E-state index in [1.54, 1.807) is 0 Å². The molecular formula is C10H17N. The number of nitrogens with two attached hydrogens (primary N) is 1. The summed E-state index contributed by atoms with van der Waals surface area (Å²) in [5, 5.41) is 0. The number of hydrogen-bond donors (Lipinski definition) is 1. The summed E-state index contributed by atoms with van der Waals surface area (Å²) in [6.07, 6.45) is 1.00. The van der Waals surface area contributed by atoms with Gasteiger partial charge in [-0.05, 0) is 12.0 Å². The molecule has 0 unspecified atom stereocenters. The van der Waals surface area contributed by atoms with Gasteiger partial charge in [-0.15, -0.1) is 0 Å². The quantitative estimate of drug-likeness (QED) is 0.691. The molecule has 0 heterocycles. The normalized spacial score (nSPS) is 11.8. The Hall–Kier alpha value is -0.820. The molecule has 1 heteroatoms. The monoisotopic (exact) mass is 151 g/mol. The second-order valence-electron chi connectivity index (χ2n) is 2.43. The van der Waals surface area contributed by atoms with Gasteiger partial charge in [0.2, 0.25) is 0 Å². The first kappa shape index (κ1) is 10.2. The Morgan fingerprint density at radius 1 is 1.27 bits per heavy atom. The highest BCUT2D eigenvalue weighted by molar-refractivity contribution is 5.17. The molecular weight excluding hydrogens is 134 g/mol. The minimum Gasteiger partial charge on any atom is -0.324 e. The lowest BCUT2D eigenvalue weighted by Crippen LogP contribution is -2.07. The van der Waals surface area contributed by atoms with Crippen LogP contribution in [-0.2, 0) is 0 Å². The summed E-state index contributed by atoms with van der Waals surface area (Å²) >= 11 is 0. The van der Waals surface area contributed by atoms with Crippen molar-refractivity contribution in [1.82, 2.24) is 0 Å². The van der Waals surface area contributed by atoms with Crippen molar-refractivity contribution in [1.29, 1.82) is 0 Å². The first-order valence-corrected chi connectivity index (χ1v) is 3.65. The average molecular weight is 151 g/mol. The van der Waals surface area contributed by atoms with Gasteiger partial charge in [0, 0.05) is 6.04 Å². The second kappa shape index (κ2) is 4.91. The molecule has 0 aliphatic heterocycles. The molecule has 1 aromatic rings. The van der Waals surface area contributed by atoms with Gasteiger partial charge in [-0.25, -0.2) is 0 Å². The van der Waals surface area contributed by atoms with Crippen LogP contribution in [0.2, 0.25) is 0 Å². The molecule has 1 nitrogen and oxygen atoms in total. The molecule has 0 fully saturated rings. The summed E-state index contributed by atoms with van der Waals surface area (Å²) in [6, 6.07) is 10.4. The lowest BCUT2D eigenvalue weighted by atomic mass is 10.1. The van der Waals surface area contributed by atoms with Crippen molar-refractivity contribution < 1.29 is 0 Å². The van der Waals surface area contributed by atoms with E-state index >= 15 is 0 Å². The Bertz CT molecular complexity index is 181. The highest BCUT2D eigenvalue weighted by Crippen LogP contribution is 2.11. The van der Waals surface area contributed by atoms with Crippen molar-refractivity contribution in [3.8, 4) is 0 Å². The molecule has 1 atom stereocenters. The van der Waals surface area contributed by atoms with Crippen LogP contribution in [0.4, 0.5) is 0 Å². The van der Waals surface area contributed by atoms with Crippen LogP contribution in [0.3, 0.4) is 0 Å². The van der Waals surface area contributed by atoms with Gasteiger partial charge in [-0.3, -0.25) is 0 Å². The van der Waals surface area contributed by atoms with E-state index in [-0.39, 0.29) is 13.5 Å². The number of hydrogen-bond acceptors (Lipinski definition) is 1. The molecule has 11 heavy (non-hydrogen) atoms. The molecule has 0 saturated heterocycles. The smallest absolute Gasteiger partial charge is 0.0292 e. The predicted molar refractivity (Wildman–Crippen MR) is 50.4 cm³/mol. The molecule has 1 aromatic carbocycles. The summed E-state index contributed by atoms with van der Waals surface area (Å²) in [6.45, 7) is 2.09. The first-order chi connectivity index (χ1) is 4.84. The van der Waals surface area contributed by atoms with E-state index in [2.05, 4.69) is 19.1 Å². The highest BCUT2D eigenvalue weighted by Gasteiger charge is 1.99. The van der Waals surface area contributed by atoms with Gasteiger partial charge in [0.25, 0.3) is 0 Å². The Morgan fingerprint density at radius 2 is 1.82 bits per heavy atom. The van der Waals surface area contributed by atoms with E-state index < -0.39 is 0 Å². The van der Waals surface area contributed by atoms with Gasteiger partial charge < -0.3 is 5.73 Å². The lowest BCUT2D eigenvalue weighted by molar-refractivity contribution is 0.699. The van der Waals surface area contributed by atoms with E-state index in [0.29, 0.717) is 0 Å². The molecule has 0 spiro atoms. The zero-order valence-corrected chi connectivity index (χ0v) is 6.25. The van der Waals surface area contributed by atoms with Gasteiger partial charge in [0.15, 0.2) is 0 Å². The van der Waals surface area contributed by atoms with Crippen molar-refractivity contribution in [2.75, 3.05) is 0 Å². The summed E-state index contributed by atoms with van der Waals surface area (Å²) in [5.74, 6) is 0. The second-order valence-corrected chi connectivity index (χ2v) is 2.43. The SMILES string of the molecule is C.CC[C@@H](N)c1ccccc1. The zero-order chi connectivity index (χ0) is 7.40. The topological polar surface area (TPSA) is 26.0 Å². The number of benzene rings is 1. The maximum absolute atomic E-state index is 5.79. The average Bonchev–Trinajstić information content (AvgIpc) is 2.05. The van der Waals surface area contributed by atoms with E-state index in [9.17, 15) is 0 Å². The molecule has 0 aliphatic rings. The third-order valence-corrected chi connectivity index (χ3v) is 1.67. The fourth-order valence-corrected chi connectivity index (χ4v) is 0.936. The standard InChI is InChI=1S/C9H13N.CH4/c1-2-9(10)8-6-4-3-5-7-8;/h3-7,9H,2,10H2,1H3;1H4/t9-;/m1./s1. The van der Waals surface area contributed by atoms with Crippen molar-refractivity contribution in [3.63, 3.8) is 0 Å². The number of rotatable bonds is 2. The third kappa shape index (κ3) is 2.72. The molecule has 0 radical (unpaired) electrons. The van der Waals surface area contributed by atoms with Gasteiger partial charge >= 0.3 is 0 Å². The van der Waals surface area contributed by atoms with E-state index in [1.807, 2.05) is 18.2 Å². The van der Waals surface area contributed by atoms with Crippen molar-refractivity contribution in [2.45, 2.75) is 26.8 Å². The van der Waals surface area contributed by atoms with Gasteiger partial charge in [0.05, 0.1) is 0 Å². The lowest BCUT2D eigenvalue weighted by Gasteiger charge is -2.06. The molecule has 0 saturated carbocycles. The fraction of sp³-hybridized carbons (Fsp3) is 0.400. The summed E-state index contributed by atoms with van der Waals surface area (Å²) in [4.78, 5) is 0. The Balaban J connectivity index is 0.000001000. The van der Waals surface area contributed by atoms with Crippen LogP contribution >= 0.6 is 0 Å². The van der Waals surface area contributed by atoms with Gasteiger partial charge in [-0.2, -0.15) is 0 Å². The summed E-state index contributed by atoms with van der Waals surface area (Å²) < 4.78 is 0. The third-order valence-electron chi connectivity index (χ3n) is 1.67. The summed E-state index contributed by atoms with van der Waals surface area (Å²) in [7, 11) is 0. The Labute approximate surface area is 69.2 Å². The molecule has 2 N–H and O–H groups in total. The maximum Gasteiger partial charge on any atom is 0.0292 e. The van der Waals surface area contributed by atoms with Crippen LogP contribution in [0.15, 0.2) is 30.3 Å². The maximum atomic E-state index is 5.79. The largest absolute Gasteiger partial charge is 0.324 e. The Morgan fingerprint density at radius 3 is 2.27 bits per heavy atom. The van der Waals surface area contributed by atoms with Crippen molar-refractivity contribution >= 4 is 0 Å². The predicted octanol–water partition coefficient (Wildman–Crippen LogP) is 2.73. The molecule has 1 rings (SSSR count). The minimum absolute atomic E-state index is 0.